The van der Waals surface area contributed by atoms with Gasteiger partial charge in [0.25, 0.3) is 0 Å². The lowest BCUT2D eigenvalue weighted by Gasteiger charge is -2.30. The van der Waals surface area contributed by atoms with E-state index in [9.17, 15) is 5.11 Å². The number of nitriles is 1. The minimum atomic E-state index is -0.0925. The predicted molar refractivity (Wildman–Crippen MR) is 70.1 cm³/mol. The van der Waals surface area contributed by atoms with Crippen LogP contribution in [0.15, 0.2) is 18.2 Å². The van der Waals surface area contributed by atoms with E-state index in [0.29, 0.717) is 18.0 Å². The number of hydrogen-bond donors (Lipinski definition) is 1. The maximum absolute atomic E-state index is 9.38. The molecule has 0 saturated carbocycles. The number of rotatable bonds is 5. The molecule has 0 spiro atoms. The molecule has 0 aliphatic carbocycles. The van der Waals surface area contributed by atoms with E-state index in [-0.39, 0.29) is 12.6 Å². The van der Waals surface area contributed by atoms with Crippen molar-refractivity contribution in [2.75, 3.05) is 11.4 Å². The molecule has 17 heavy (non-hydrogen) atoms. The Morgan fingerprint density at radius 3 is 2.71 bits per heavy atom. The molecule has 0 fully saturated rings. The summed E-state index contributed by atoms with van der Waals surface area (Å²) in [5, 5.41) is 18.6. The number of benzene rings is 1. The van der Waals surface area contributed by atoms with Crippen LogP contribution in [0.25, 0.3) is 0 Å². The Bertz CT molecular complexity index is 412. The molecular weight excluding hydrogens is 236 g/mol. The van der Waals surface area contributed by atoms with Crippen molar-refractivity contribution in [3.63, 3.8) is 0 Å². The van der Waals surface area contributed by atoms with Crippen molar-refractivity contribution in [1.29, 1.82) is 5.26 Å². The summed E-state index contributed by atoms with van der Waals surface area (Å²) in [5.41, 5.74) is 1.63. The molecular formula is C13H17ClN2O. The van der Waals surface area contributed by atoms with Gasteiger partial charge in [-0.3, -0.25) is 0 Å². The van der Waals surface area contributed by atoms with Crippen molar-refractivity contribution in [1.82, 2.24) is 0 Å². The Labute approximate surface area is 107 Å². The van der Waals surface area contributed by atoms with Crippen molar-refractivity contribution in [3.8, 4) is 6.07 Å². The summed E-state index contributed by atoms with van der Waals surface area (Å²) in [5.74, 6) is 0. The Morgan fingerprint density at radius 2 is 2.18 bits per heavy atom. The molecule has 4 heteroatoms. The van der Waals surface area contributed by atoms with Crippen LogP contribution in [0.2, 0.25) is 5.02 Å². The van der Waals surface area contributed by atoms with Crippen LogP contribution in [-0.4, -0.2) is 17.7 Å². The minimum Gasteiger partial charge on any atom is -0.392 e. The fraction of sp³-hybridized carbons (Fsp3) is 0.462. The van der Waals surface area contributed by atoms with Crippen molar-refractivity contribution in [2.45, 2.75) is 32.9 Å². The molecule has 1 aromatic rings. The molecule has 92 valence electrons. The van der Waals surface area contributed by atoms with Gasteiger partial charge in [-0.05, 0) is 26.0 Å². The molecule has 0 bridgehead atoms. The van der Waals surface area contributed by atoms with Crippen LogP contribution < -0.4 is 4.90 Å². The second-order valence-corrected chi connectivity index (χ2v) is 4.50. The van der Waals surface area contributed by atoms with Crippen LogP contribution in [0.1, 0.15) is 25.8 Å². The molecule has 0 aromatic heterocycles. The molecule has 1 rings (SSSR count). The van der Waals surface area contributed by atoms with Gasteiger partial charge >= 0.3 is 0 Å². The quantitative estimate of drug-likeness (QED) is 0.877. The van der Waals surface area contributed by atoms with Gasteiger partial charge < -0.3 is 10.0 Å². The van der Waals surface area contributed by atoms with Gasteiger partial charge in [-0.1, -0.05) is 17.7 Å². The standard InChI is InChI=1S/C13H17ClN2O/c1-10(2)16(8-4-7-15)13-6-3-5-12(14)11(13)9-17/h3,5-6,10,17H,4,8-9H2,1-2H3. The highest BCUT2D eigenvalue weighted by atomic mass is 35.5. The Kier molecular flexibility index (Phi) is 5.27. The largest absolute Gasteiger partial charge is 0.392 e. The van der Waals surface area contributed by atoms with Gasteiger partial charge in [-0.2, -0.15) is 5.26 Å². The molecule has 0 unspecified atom stereocenters. The number of halogens is 1. The zero-order valence-corrected chi connectivity index (χ0v) is 10.9. The summed E-state index contributed by atoms with van der Waals surface area (Å²) < 4.78 is 0. The summed E-state index contributed by atoms with van der Waals surface area (Å²) >= 11 is 6.06. The Morgan fingerprint density at radius 1 is 1.47 bits per heavy atom. The maximum Gasteiger partial charge on any atom is 0.0716 e. The van der Waals surface area contributed by atoms with Crippen molar-refractivity contribution in [3.05, 3.63) is 28.8 Å². The van der Waals surface area contributed by atoms with Crippen LogP contribution in [0.3, 0.4) is 0 Å². The van der Waals surface area contributed by atoms with E-state index in [2.05, 4.69) is 24.8 Å². The summed E-state index contributed by atoms with van der Waals surface area (Å²) in [7, 11) is 0. The fourth-order valence-electron chi connectivity index (χ4n) is 1.80. The van der Waals surface area contributed by atoms with Gasteiger partial charge in [0.2, 0.25) is 0 Å². The van der Waals surface area contributed by atoms with Gasteiger partial charge in [0.05, 0.1) is 19.1 Å². The monoisotopic (exact) mass is 252 g/mol. The van der Waals surface area contributed by atoms with E-state index < -0.39 is 0 Å². The number of nitrogens with zero attached hydrogens (tertiary/aromatic N) is 2. The Hall–Kier alpha value is -1.24. The Balaban J connectivity index is 3.09. The zero-order valence-electron chi connectivity index (χ0n) is 10.2. The number of hydrogen-bond acceptors (Lipinski definition) is 3. The summed E-state index contributed by atoms with van der Waals surface area (Å²) in [6.07, 6.45) is 0.454. The fourth-order valence-corrected chi connectivity index (χ4v) is 2.03. The molecule has 0 aliphatic rings. The lowest BCUT2D eigenvalue weighted by atomic mass is 10.1. The summed E-state index contributed by atoms with van der Waals surface area (Å²) in [6.45, 7) is 4.66. The summed E-state index contributed by atoms with van der Waals surface area (Å²) in [4.78, 5) is 2.08. The second-order valence-electron chi connectivity index (χ2n) is 4.09. The third-order valence-electron chi connectivity index (χ3n) is 2.65. The molecule has 0 radical (unpaired) electrons. The van der Waals surface area contributed by atoms with Crippen molar-refractivity contribution in [2.24, 2.45) is 0 Å². The van der Waals surface area contributed by atoms with Crippen molar-refractivity contribution >= 4 is 17.3 Å². The molecule has 1 aromatic carbocycles. The van der Waals surface area contributed by atoms with Crippen LogP contribution in [0, 0.1) is 11.3 Å². The highest BCUT2D eigenvalue weighted by Gasteiger charge is 2.15. The first-order valence-electron chi connectivity index (χ1n) is 5.63. The lowest BCUT2D eigenvalue weighted by molar-refractivity contribution is 0.282. The number of anilines is 1. The van der Waals surface area contributed by atoms with Gasteiger partial charge in [0, 0.05) is 28.9 Å². The van der Waals surface area contributed by atoms with E-state index in [1.54, 1.807) is 6.07 Å². The van der Waals surface area contributed by atoms with E-state index in [1.807, 2.05) is 12.1 Å². The summed E-state index contributed by atoms with van der Waals surface area (Å²) in [6, 6.07) is 7.94. The number of aliphatic hydroxyl groups is 1. The van der Waals surface area contributed by atoms with Gasteiger partial charge in [0.1, 0.15) is 0 Å². The third-order valence-corrected chi connectivity index (χ3v) is 3.00. The third kappa shape index (κ3) is 3.36. The van der Waals surface area contributed by atoms with E-state index >= 15 is 0 Å². The molecule has 0 aliphatic heterocycles. The average Bonchev–Trinajstić information content (AvgIpc) is 2.29. The second kappa shape index (κ2) is 6.48. The molecule has 3 nitrogen and oxygen atoms in total. The van der Waals surface area contributed by atoms with Crippen LogP contribution in [-0.2, 0) is 6.61 Å². The smallest absolute Gasteiger partial charge is 0.0716 e. The highest BCUT2D eigenvalue weighted by molar-refractivity contribution is 6.31. The van der Waals surface area contributed by atoms with E-state index in [0.717, 1.165) is 11.3 Å². The molecule has 0 atom stereocenters. The van der Waals surface area contributed by atoms with Crippen molar-refractivity contribution < 1.29 is 5.11 Å². The van der Waals surface area contributed by atoms with E-state index in [1.165, 1.54) is 0 Å². The maximum atomic E-state index is 9.38. The molecule has 1 N–H and O–H groups in total. The topological polar surface area (TPSA) is 47.3 Å². The van der Waals surface area contributed by atoms with Gasteiger partial charge in [-0.15, -0.1) is 0 Å². The van der Waals surface area contributed by atoms with Gasteiger partial charge in [0.15, 0.2) is 0 Å². The average molecular weight is 253 g/mol. The van der Waals surface area contributed by atoms with Gasteiger partial charge in [-0.25, -0.2) is 0 Å². The molecule has 0 heterocycles. The predicted octanol–water partition coefficient (Wildman–Crippen LogP) is 2.96. The minimum absolute atomic E-state index is 0.0925. The molecule has 0 saturated heterocycles. The normalized spacial score (nSPS) is 10.4. The lowest BCUT2D eigenvalue weighted by Crippen LogP contribution is -2.32. The zero-order chi connectivity index (χ0) is 12.8. The molecule has 0 amide bonds. The van der Waals surface area contributed by atoms with E-state index in [4.69, 9.17) is 16.9 Å². The van der Waals surface area contributed by atoms with Crippen LogP contribution in [0.5, 0.6) is 0 Å². The van der Waals surface area contributed by atoms with Crippen LogP contribution in [0.4, 0.5) is 5.69 Å². The first-order valence-corrected chi connectivity index (χ1v) is 6.01. The van der Waals surface area contributed by atoms with Crippen LogP contribution >= 0.6 is 11.6 Å². The first kappa shape index (κ1) is 13.8. The SMILES string of the molecule is CC(C)N(CCC#N)c1cccc(Cl)c1CO. The number of aliphatic hydroxyl groups excluding tert-OH is 1. The highest BCUT2D eigenvalue weighted by Crippen LogP contribution is 2.29. The first-order chi connectivity index (χ1) is 8.11.